The number of hydrogen-bond donors (Lipinski definition) is 1. The molecule has 144 valence electrons. The predicted molar refractivity (Wildman–Crippen MR) is 104 cm³/mol. The number of carbonyl (C=O) groups is 1. The first kappa shape index (κ1) is 19.1. The van der Waals surface area contributed by atoms with Crippen molar-refractivity contribution in [2.24, 2.45) is 5.92 Å². The maximum atomic E-state index is 12.5. The van der Waals surface area contributed by atoms with Crippen LogP contribution in [0.2, 0.25) is 0 Å². The van der Waals surface area contributed by atoms with Gasteiger partial charge in [0.15, 0.2) is 0 Å². The second-order valence-corrected chi connectivity index (χ2v) is 9.27. The van der Waals surface area contributed by atoms with Crippen LogP contribution in [0.4, 0.5) is 11.4 Å². The molecule has 0 aliphatic carbocycles. The van der Waals surface area contributed by atoms with Gasteiger partial charge in [-0.1, -0.05) is 0 Å². The molecule has 0 saturated carbocycles. The average Bonchev–Trinajstić information content (AvgIpc) is 2.62. The Bertz CT molecular complexity index is 727. The van der Waals surface area contributed by atoms with E-state index in [2.05, 4.69) is 22.2 Å². The number of carbonyl (C=O) groups excluding carboxylic acids is 1. The van der Waals surface area contributed by atoms with Crippen molar-refractivity contribution in [3.05, 3.63) is 24.3 Å². The number of benzene rings is 1. The van der Waals surface area contributed by atoms with Gasteiger partial charge in [0, 0.05) is 50.6 Å². The lowest BCUT2D eigenvalue weighted by atomic mass is 9.98. The molecule has 3 rings (SSSR count). The van der Waals surface area contributed by atoms with Gasteiger partial charge in [0.2, 0.25) is 15.9 Å². The van der Waals surface area contributed by atoms with Gasteiger partial charge in [-0.3, -0.25) is 4.79 Å². The molecule has 1 aromatic rings. The zero-order chi connectivity index (χ0) is 18.7. The highest BCUT2D eigenvalue weighted by Crippen LogP contribution is 2.22. The number of nitrogens with zero attached hydrogens (tertiary/aromatic N) is 3. The molecule has 1 aromatic carbocycles. The van der Waals surface area contributed by atoms with Crippen LogP contribution < -0.4 is 10.2 Å². The third kappa shape index (κ3) is 4.75. The fourth-order valence-electron chi connectivity index (χ4n) is 3.52. The monoisotopic (exact) mass is 380 g/mol. The predicted octanol–water partition coefficient (Wildman–Crippen LogP) is 1.05. The summed E-state index contributed by atoms with van der Waals surface area (Å²) in [6, 6.07) is 7.90. The third-order valence-corrected chi connectivity index (χ3v) is 6.50. The summed E-state index contributed by atoms with van der Waals surface area (Å²) < 4.78 is 24.8. The van der Waals surface area contributed by atoms with Gasteiger partial charge in [0.05, 0.1) is 12.2 Å². The Balaban J connectivity index is 1.57. The van der Waals surface area contributed by atoms with Gasteiger partial charge in [-0.15, -0.1) is 0 Å². The largest absolute Gasteiger partial charge is 0.369 e. The fraction of sp³-hybridized carbons (Fsp3) is 0.611. The first-order chi connectivity index (χ1) is 12.3. The highest BCUT2D eigenvalue weighted by atomic mass is 32.2. The summed E-state index contributed by atoms with van der Waals surface area (Å²) in [5.74, 6) is -0.401. The molecule has 1 atom stereocenters. The number of amides is 1. The smallest absolute Gasteiger partial charge is 0.228 e. The molecule has 2 fully saturated rings. The molecular weight excluding hydrogens is 352 g/mol. The van der Waals surface area contributed by atoms with Gasteiger partial charge in [-0.25, -0.2) is 12.7 Å². The van der Waals surface area contributed by atoms with Crippen molar-refractivity contribution >= 4 is 27.3 Å². The zero-order valence-electron chi connectivity index (χ0n) is 15.5. The third-order valence-electron chi connectivity index (χ3n) is 5.23. The fourth-order valence-corrected chi connectivity index (χ4v) is 4.43. The highest BCUT2D eigenvalue weighted by molar-refractivity contribution is 7.88. The molecule has 1 N–H and O–H groups in total. The molecule has 2 aliphatic heterocycles. The molecule has 0 aromatic heterocycles. The zero-order valence-corrected chi connectivity index (χ0v) is 16.3. The Kier molecular flexibility index (Phi) is 5.84. The Labute approximate surface area is 156 Å². The van der Waals surface area contributed by atoms with Crippen LogP contribution in [0, 0.1) is 5.92 Å². The number of nitrogens with one attached hydrogen (secondary N) is 1. The molecule has 0 radical (unpaired) electrons. The van der Waals surface area contributed by atoms with Crippen molar-refractivity contribution in [2.75, 3.05) is 62.8 Å². The number of likely N-dealkylation sites (N-methyl/N-ethyl adjacent to an activating group) is 1. The highest BCUT2D eigenvalue weighted by Gasteiger charge is 2.30. The first-order valence-corrected chi connectivity index (χ1v) is 11.0. The molecule has 26 heavy (non-hydrogen) atoms. The second kappa shape index (κ2) is 7.94. The molecule has 2 heterocycles. The van der Waals surface area contributed by atoms with Crippen LogP contribution in [-0.2, 0) is 14.8 Å². The Morgan fingerprint density at radius 2 is 1.73 bits per heavy atom. The molecule has 7 nitrogen and oxygen atoms in total. The molecule has 0 spiro atoms. The number of piperidine rings is 1. The van der Waals surface area contributed by atoms with Gasteiger partial charge in [-0.2, -0.15) is 0 Å². The standard InChI is InChI=1S/C18H28N4O3S/c1-20-10-12-21(13-11-20)17-7-5-16(6-8-17)19-18(23)15-4-3-9-22(14-15)26(2,24)25/h5-8,15H,3-4,9-14H2,1-2H3,(H,19,23)/t15-/m0/s1. The quantitative estimate of drug-likeness (QED) is 0.845. The minimum atomic E-state index is -3.24. The maximum Gasteiger partial charge on any atom is 0.228 e. The van der Waals surface area contributed by atoms with Gasteiger partial charge < -0.3 is 15.1 Å². The number of hydrogen-bond acceptors (Lipinski definition) is 5. The van der Waals surface area contributed by atoms with E-state index in [1.54, 1.807) is 0 Å². The van der Waals surface area contributed by atoms with Crippen molar-refractivity contribution in [1.29, 1.82) is 0 Å². The van der Waals surface area contributed by atoms with Crippen LogP contribution in [-0.4, -0.2) is 76.1 Å². The summed E-state index contributed by atoms with van der Waals surface area (Å²) in [6.45, 7) is 4.89. The van der Waals surface area contributed by atoms with E-state index in [1.165, 1.54) is 10.6 Å². The summed E-state index contributed by atoms with van der Waals surface area (Å²) in [5.41, 5.74) is 1.92. The van der Waals surface area contributed by atoms with Crippen molar-refractivity contribution < 1.29 is 13.2 Å². The van der Waals surface area contributed by atoms with Crippen molar-refractivity contribution in [3.63, 3.8) is 0 Å². The Morgan fingerprint density at radius 3 is 2.35 bits per heavy atom. The molecule has 2 aliphatic rings. The lowest BCUT2D eigenvalue weighted by Crippen LogP contribution is -2.44. The van der Waals surface area contributed by atoms with Crippen LogP contribution in [0.3, 0.4) is 0 Å². The summed E-state index contributed by atoms with van der Waals surface area (Å²) in [7, 11) is -1.11. The van der Waals surface area contributed by atoms with E-state index in [0.29, 0.717) is 13.0 Å². The summed E-state index contributed by atoms with van der Waals surface area (Å²) in [5, 5.41) is 2.93. The lowest BCUT2D eigenvalue weighted by molar-refractivity contribution is -0.120. The first-order valence-electron chi connectivity index (χ1n) is 9.12. The van der Waals surface area contributed by atoms with Gasteiger partial charge in [-0.05, 0) is 44.2 Å². The SMILES string of the molecule is CN1CCN(c2ccc(NC(=O)[C@H]3CCCN(S(C)(=O)=O)C3)cc2)CC1. The lowest BCUT2D eigenvalue weighted by Gasteiger charge is -2.34. The van der Waals surface area contributed by atoms with Crippen LogP contribution in [0.1, 0.15) is 12.8 Å². The van der Waals surface area contributed by atoms with Gasteiger partial charge >= 0.3 is 0 Å². The van der Waals surface area contributed by atoms with Gasteiger partial charge in [0.25, 0.3) is 0 Å². The number of anilines is 2. The maximum absolute atomic E-state index is 12.5. The number of sulfonamides is 1. The Hall–Kier alpha value is -1.64. The van der Waals surface area contributed by atoms with Crippen LogP contribution in [0.15, 0.2) is 24.3 Å². The summed E-state index contributed by atoms with van der Waals surface area (Å²) in [4.78, 5) is 17.2. The van der Waals surface area contributed by atoms with E-state index in [4.69, 9.17) is 0 Å². The summed E-state index contributed by atoms with van der Waals surface area (Å²) in [6.07, 6.45) is 2.63. The van der Waals surface area contributed by atoms with E-state index in [-0.39, 0.29) is 18.4 Å². The normalized spacial score (nSPS) is 23.0. The Morgan fingerprint density at radius 1 is 1.08 bits per heavy atom. The van der Waals surface area contributed by atoms with E-state index < -0.39 is 10.0 Å². The van der Waals surface area contributed by atoms with E-state index in [1.807, 2.05) is 24.3 Å². The average molecular weight is 381 g/mol. The van der Waals surface area contributed by atoms with Gasteiger partial charge in [0.1, 0.15) is 0 Å². The topological polar surface area (TPSA) is 73.0 Å². The molecule has 1 amide bonds. The molecular formula is C18H28N4O3S. The molecule has 0 bridgehead atoms. The molecule has 2 saturated heterocycles. The minimum absolute atomic E-state index is 0.106. The van der Waals surface area contributed by atoms with Crippen molar-refractivity contribution in [3.8, 4) is 0 Å². The van der Waals surface area contributed by atoms with Crippen LogP contribution in [0.25, 0.3) is 0 Å². The van der Waals surface area contributed by atoms with E-state index >= 15 is 0 Å². The van der Waals surface area contributed by atoms with Crippen LogP contribution in [0.5, 0.6) is 0 Å². The van der Waals surface area contributed by atoms with Crippen molar-refractivity contribution in [2.45, 2.75) is 12.8 Å². The molecule has 0 unspecified atom stereocenters. The van der Waals surface area contributed by atoms with Crippen molar-refractivity contribution in [1.82, 2.24) is 9.21 Å². The summed E-state index contributed by atoms with van der Waals surface area (Å²) >= 11 is 0. The van der Waals surface area contributed by atoms with E-state index in [0.717, 1.165) is 44.0 Å². The number of piperazine rings is 1. The molecule has 8 heteroatoms. The second-order valence-electron chi connectivity index (χ2n) is 7.29. The van der Waals surface area contributed by atoms with Crippen LogP contribution >= 0.6 is 0 Å². The van der Waals surface area contributed by atoms with E-state index in [9.17, 15) is 13.2 Å². The minimum Gasteiger partial charge on any atom is -0.369 e. The number of rotatable bonds is 4.